The van der Waals surface area contributed by atoms with Crippen molar-refractivity contribution in [3.63, 3.8) is 0 Å². The molecule has 0 amide bonds. The molecule has 187 valence electrons. The molecule has 1 radical (unpaired) electrons. The van der Waals surface area contributed by atoms with Crippen LogP contribution in [0, 0.1) is 6.07 Å². The van der Waals surface area contributed by atoms with Crippen LogP contribution in [-0.2, 0) is 24.9 Å². The fourth-order valence-electron chi connectivity index (χ4n) is 5.22. The zero-order valence-corrected chi connectivity index (χ0v) is 23.1. The monoisotopic (exact) mass is 673 g/mol. The average Bonchev–Trinajstić information content (AvgIpc) is 3.37. The van der Waals surface area contributed by atoms with Crippen molar-refractivity contribution in [2.75, 3.05) is 0 Å². The maximum atomic E-state index is 12.9. The molecule has 0 atom stereocenters. The topological polar surface area (TPSA) is 67.3 Å². The summed E-state index contributed by atoms with van der Waals surface area (Å²) in [6.07, 6.45) is 1.17. The first-order valence-corrected chi connectivity index (χ1v) is 12.0. The zero-order valence-electron chi connectivity index (χ0n) is 20.7. The molecule has 0 saturated heterocycles. The Bertz CT molecular complexity index is 1800. The van der Waals surface area contributed by atoms with Gasteiger partial charge < -0.3 is 5.11 Å². The summed E-state index contributed by atoms with van der Waals surface area (Å²) in [5, 5.41) is 9.56. The molecule has 38 heavy (non-hydrogen) atoms. The molecule has 4 aromatic carbocycles. The number of hydrogen-bond donors (Lipinski definition) is 1. The van der Waals surface area contributed by atoms with Crippen LogP contribution in [0.15, 0.2) is 96.8 Å². The molecule has 0 aliphatic heterocycles. The van der Waals surface area contributed by atoms with Gasteiger partial charge in [-0.3, -0.25) is 14.6 Å². The number of benzene rings is 4. The van der Waals surface area contributed by atoms with Crippen LogP contribution in [-0.4, -0.2) is 21.7 Å². The first kappa shape index (κ1) is 25.5. The van der Waals surface area contributed by atoms with Gasteiger partial charge in [-0.2, -0.15) is 0 Å². The predicted octanol–water partition coefficient (Wildman–Crippen LogP) is 7.60. The molecular weight excluding hydrogens is 651 g/mol. The minimum absolute atomic E-state index is 0. The summed E-state index contributed by atoms with van der Waals surface area (Å²) in [6, 6.07) is 32.0. The van der Waals surface area contributed by atoms with Crippen LogP contribution < -0.4 is 0 Å². The van der Waals surface area contributed by atoms with E-state index >= 15 is 0 Å². The van der Waals surface area contributed by atoms with Crippen LogP contribution >= 0.6 is 0 Å². The fraction of sp³-hybridized carbons (Fsp3) is 0.0606. The number of carbonyl (C=O) groups excluding carboxylic acids is 2. The van der Waals surface area contributed by atoms with E-state index in [4.69, 9.17) is 10.1 Å². The zero-order chi connectivity index (χ0) is 25.7. The Labute approximate surface area is 234 Å². The smallest absolute Gasteiger partial charge is 0.175 e. The van der Waals surface area contributed by atoms with Crippen LogP contribution in [0.25, 0.3) is 55.5 Å². The molecule has 4 nitrogen and oxygen atoms in total. The summed E-state index contributed by atoms with van der Waals surface area (Å²) >= 11 is 0. The normalized spacial score (nSPS) is 12.2. The maximum absolute atomic E-state index is 12.9. The number of pyridine rings is 1. The Morgan fingerprint density at radius 1 is 0.763 bits per heavy atom. The number of ketones is 2. The Morgan fingerprint density at radius 3 is 2.00 bits per heavy atom. The van der Waals surface area contributed by atoms with Gasteiger partial charge in [0.15, 0.2) is 11.6 Å². The van der Waals surface area contributed by atoms with Gasteiger partial charge in [0.2, 0.25) is 0 Å². The van der Waals surface area contributed by atoms with Crippen molar-refractivity contribution in [3.8, 4) is 44.6 Å². The largest absolute Gasteiger partial charge is 0.512 e. The van der Waals surface area contributed by atoms with E-state index in [0.717, 1.165) is 39.0 Å². The van der Waals surface area contributed by atoms with Crippen molar-refractivity contribution in [2.24, 2.45) is 0 Å². The van der Waals surface area contributed by atoms with Crippen LogP contribution in [0.5, 0.6) is 0 Å². The molecule has 1 aromatic heterocycles. The predicted molar refractivity (Wildman–Crippen MR) is 146 cm³/mol. The van der Waals surface area contributed by atoms with E-state index in [2.05, 4.69) is 54.6 Å². The second kappa shape index (κ2) is 9.94. The third-order valence-electron chi connectivity index (χ3n) is 6.69. The molecule has 1 N–H and O–H groups in total. The quantitative estimate of drug-likeness (QED) is 0.117. The van der Waals surface area contributed by atoms with Crippen molar-refractivity contribution in [2.45, 2.75) is 13.8 Å². The number of hydrogen-bond acceptors (Lipinski definition) is 4. The number of nitrogens with zero attached hydrogens (tertiary/aromatic N) is 1. The summed E-state index contributed by atoms with van der Waals surface area (Å²) in [7, 11) is 0. The summed E-state index contributed by atoms with van der Waals surface area (Å²) in [4.78, 5) is 27.9. The number of aliphatic hydroxyl groups excluding tert-OH is 1. The number of rotatable bonds is 2. The van der Waals surface area contributed by atoms with Crippen LogP contribution in [0.3, 0.4) is 0 Å². The molecular formula is C33H22IrNO3-. The average molecular weight is 673 g/mol. The van der Waals surface area contributed by atoms with Crippen molar-refractivity contribution in [1.82, 2.24) is 4.98 Å². The molecule has 5 heteroatoms. The fourth-order valence-corrected chi connectivity index (χ4v) is 5.22. The van der Waals surface area contributed by atoms with E-state index < -0.39 is 0 Å². The van der Waals surface area contributed by atoms with Gasteiger partial charge in [0, 0.05) is 37.1 Å². The van der Waals surface area contributed by atoms with Crippen molar-refractivity contribution < 1.29 is 34.8 Å². The summed E-state index contributed by atoms with van der Waals surface area (Å²) in [5.41, 5.74) is 11.0. The molecule has 0 unspecified atom stereocenters. The maximum Gasteiger partial charge on any atom is 0.175 e. The van der Waals surface area contributed by atoms with Gasteiger partial charge in [-0.25, -0.2) is 0 Å². The number of carbonyl (C=O) groups is 2. The SMILES string of the molecule is CC(=O)C=C(C)O.O=C1c2cc(-c3cc4c5c(cccc5n3)-c3ccccc3-4)[c-]cc2-c2ccccc21.[Ir]. The second-order valence-electron chi connectivity index (χ2n) is 9.25. The van der Waals surface area contributed by atoms with Crippen LogP contribution in [0.2, 0.25) is 0 Å². The van der Waals surface area contributed by atoms with Gasteiger partial charge in [-0.15, -0.1) is 23.8 Å². The number of fused-ring (bicyclic) bond motifs is 6. The molecule has 2 aliphatic rings. The Morgan fingerprint density at radius 2 is 1.37 bits per heavy atom. The number of aromatic nitrogens is 1. The van der Waals surface area contributed by atoms with Gasteiger partial charge in [-0.05, 0) is 53.4 Å². The van der Waals surface area contributed by atoms with E-state index in [-0.39, 0.29) is 37.4 Å². The van der Waals surface area contributed by atoms with Gasteiger partial charge in [0.1, 0.15) is 0 Å². The van der Waals surface area contributed by atoms with Gasteiger partial charge >= 0.3 is 0 Å². The van der Waals surface area contributed by atoms with Crippen molar-refractivity contribution in [3.05, 3.63) is 114 Å². The molecule has 0 bridgehead atoms. The first-order valence-electron chi connectivity index (χ1n) is 12.0. The van der Waals surface area contributed by atoms with E-state index in [9.17, 15) is 9.59 Å². The summed E-state index contributed by atoms with van der Waals surface area (Å²) < 4.78 is 0. The molecule has 1 heterocycles. The third kappa shape index (κ3) is 4.20. The third-order valence-corrected chi connectivity index (χ3v) is 6.69. The van der Waals surface area contributed by atoms with Crippen molar-refractivity contribution >= 4 is 22.5 Å². The molecule has 0 saturated carbocycles. The minimum atomic E-state index is -0.125. The summed E-state index contributed by atoms with van der Waals surface area (Å²) in [5.74, 6) is 0.0151. The van der Waals surface area contributed by atoms with Crippen LogP contribution in [0.4, 0.5) is 0 Å². The minimum Gasteiger partial charge on any atom is -0.512 e. The standard InChI is InChI=1S/C28H14NO.C5H8O2.Ir/c30-28-22-9-4-3-7-18(22)20-13-12-16(14-24(20)28)26-15-23-19-8-2-1-6-17(19)21-10-5-11-25(29-26)27(21)23;1-4(6)3-5(2)7;/h1-11,13-15H;3,6H,1-2H3;/q-1;;. The molecule has 0 spiro atoms. The molecule has 5 aromatic rings. The van der Waals surface area contributed by atoms with E-state index in [1.807, 2.05) is 36.4 Å². The van der Waals surface area contributed by atoms with E-state index in [1.54, 1.807) is 0 Å². The molecule has 2 aliphatic carbocycles. The Kier molecular flexibility index (Phi) is 6.66. The number of allylic oxidation sites excluding steroid dienone is 2. The van der Waals surface area contributed by atoms with E-state index in [0.29, 0.717) is 0 Å². The Balaban J connectivity index is 0.000000329. The Hall–Kier alpha value is -4.18. The molecule has 7 rings (SSSR count). The van der Waals surface area contributed by atoms with Gasteiger partial charge in [-0.1, -0.05) is 77.9 Å². The van der Waals surface area contributed by atoms with Crippen molar-refractivity contribution in [1.29, 1.82) is 0 Å². The second-order valence-corrected chi connectivity index (χ2v) is 9.25. The molecule has 0 fully saturated rings. The number of aliphatic hydroxyl groups is 1. The van der Waals surface area contributed by atoms with E-state index in [1.165, 1.54) is 47.6 Å². The first-order chi connectivity index (χ1) is 17.9. The van der Waals surface area contributed by atoms with Crippen LogP contribution in [0.1, 0.15) is 29.8 Å². The summed E-state index contributed by atoms with van der Waals surface area (Å²) in [6.45, 7) is 2.85. The van der Waals surface area contributed by atoms with Gasteiger partial charge in [0.05, 0.1) is 11.3 Å². The van der Waals surface area contributed by atoms with Gasteiger partial charge in [0.25, 0.3) is 0 Å².